The van der Waals surface area contributed by atoms with E-state index in [4.69, 9.17) is 5.73 Å². The second kappa shape index (κ2) is 5.85. The first-order chi connectivity index (χ1) is 7.15. The molecule has 1 aromatic rings. The molecule has 4 heteroatoms. The summed E-state index contributed by atoms with van der Waals surface area (Å²) in [6.07, 6.45) is 1.92. The summed E-state index contributed by atoms with van der Waals surface area (Å²) in [4.78, 5) is 0. The largest absolute Gasteiger partial charge is 0.396 e. The van der Waals surface area contributed by atoms with E-state index in [2.05, 4.69) is 0 Å². The van der Waals surface area contributed by atoms with Gasteiger partial charge < -0.3 is 5.73 Å². The van der Waals surface area contributed by atoms with E-state index in [1.165, 1.54) is 6.07 Å². The molecule has 1 rings (SSSR count). The highest BCUT2D eigenvalue weighted by molar-refractivity contribution is 7.84. The van der Waals surface area contributed by atoms with Crippen molar-refractivity contribution < 1.29 is 8.60 Å². The van der Waals surface area contributed by atoms with Crippen molar-refractivity contribution in [3.63, 3.8) is 0 Å². The number of anilines is 1. The van der Waals surface area contributed by atoms with Gasteiger partial charge in [0, 0.05) is 22.1 Å². The number of nitrogen functional groups attached to an aromatic ring is 1. The highest BCUT2D eigenvalue weighted by atomic mass is 32.2. The van der Waals surface area contributed by atoms with Gasteiger partial charge in [0.15, 0.2) is 0 Å². The molecule has 0 aromatic heterocycles. The van der Waals surface area contributed by atoms with Crippen molar-refractivity contribution in [1.82, 2.24) is 0 Å². The minimum atomic E-state index is -0.985. The fraction of sp³-hybridized carbons (Fsp3) is 0.455. The predicted octanol–water partition coefficient (Wildman–Crippen LogP) is 2.46. The summed E-state index contributed by atoms with van der Waals surface area (Å²) in [5.74, 6) is 0.462. The number of nitrogens with two attached hydrogens (primary N) is 1. The zero-order chi connectivity index (χ0) is 11.3. The highest BCUT2D eigenvalue weighted by Gasteiger charge is 2.08. The van der Waals surface area contributed by atoms with Crippen LogP contribution in [0, 0.1) is 5.82 Å². The van der Waals surface area contributed by atoms with Crippen LogP contribution < -0.4 is 5.73 Å². The van der Waals surface area contributed by atoms with E-state index in [0.29, 0.717) is 11.3 Å². The summed E-state index contributed by atoms with van der Waals surface area (Å²) < 4.78 is 25.0. The summed E-state index contributed by atoms with van der Waals surface area (Å²) in [6.45, 7) is 2.04. The number of benzene rings is 1. The molecule has 0 spiro atoms. The Morgan fingerprint density at radius 2 is 2.20 bits per heavy atom. The van der Waals surface area contributed by atoms with Gasteiger partial charge in [0.1, 0.15) is 5.82 Å². The zero-order valence-corrected chi connectivity index (χ0v) is 9.65. The number of rotatable bonds is 5. The molecule has 1 unspecified atom stereocenters. The number of hydrogen-bond acceptors (Lipinski definition) is 2. The van der Waals surface area contributed by atoms with Crippen LogP contribution in [-0.4, -0.2) is 9.96 Å². The Labute approximate surface area is 92.1 Å². The monoisotopic (exact) mass is 229 g/mol. The maximum absolute atomic E-state index is 13.4. The van der Waals surface area contributed by atoms with Crippen molar-refractivity contribution in [1.29, 1.82) is 0 Å². The van der Waals surface area contributed by atoms with E-state index < -0.39 is 16.6 Å². The summed E-state index contributed by atoms with van der Waals surface area (Å²) in [5.41, 5.74) is 6.00. The molecule has 1 atom stereocenters. The normalized spacial score (nSPS) is 12.7. The minimum absolute atomic E-state index is 0.125. The van der Waals surface area contributed by atoms with Crippen LogP contribution in [0.5, 0.6) is 0 Å². The van der Waals surface area contributed by atoms with Crippen LogP contribution in [0.1, 0.15) is 25.3 Å². The maximum atomic E-state index is 13.4. The molecule has 0 saturated heterocycles. The number of halogens is 1. The molecule has 0 aliphatic rings. The SMILES string of the molecule is CCCCS(=O)Cc1cccc(N)c1F. The number of hydrogen-bond donors (Lipinski definition) is 1. The molecule has 15 heavy (non-hydrogen) atoms. The summed E-state index contributed by atoms with van der Waals surface area (Å²) in [7, 11) is -0.985. The molecule has 0 amide bonds. The fourth-order valence-electron chi connectivity index (χ4n) is 1.26. The summed E-state index contributed by atoms with van der Waals surface area (Å²) >= 11 is 0. The van der Waals surface area contributed by atoms with Gasteiger partial charge in [-0.2, -0.15) is 0 Å². The molecule has 0 radical (unpaired) electrons. The van der Waals surface area contributed by atoms with Crippen molar-refractivity contribution >= 4 is 16.5 Å². The Kier molecular flexibility index (Phi) is 4.75. The predicted molar refractivity (Wildman–Crippen MR) is 62.4 cm³/mol. The lowest BCUT2D eigenvalue weighted by Crippen LogP contribution is -2.04. The van der Waals surface area contributed by atoms with Crippen LogP contribution in [-0.2, 0) is 16.6 Å². The van der Waals surface area contributed by atoms with E-state index in [1.807, 2.05) is 6.92 Å². The first-order valence-electron chi connectivity index (χ1n) is 5.03. The Morgan fingerprint density at radius 1 is 1.47 bits per heavy atom. The van der Waals surface area contributed by atoms with Crippen LogP contribution in [0.2, 0.25) is 0 Å². The van der Waals surface area contributed by atoms with E-state index in [1.54, 1.807) is 12.1 Å². The third kappa shape index (κ3) is 3.63. The lowest BCUT2D eigenvalue weighted by atomic mass is 10.2. The first kappa shape index (κ1) is 12.2. The molecule has 0 saturated carbocycles. The van der Waals surface area contributed by atoms with Crippen molar-refractivity contribution in [3.05, 3.63) is 29.6 Å². The second-order valence-corrected chi connectivity index (χ2v) is 5.04. The van der Waals surface area contributed by atoms with Gasteiger partial charge in [-0.1, -0.05) is 25.5 Å². The molecule has 0 heterocycles. The van der Waals surface area contributed by atoms with Crippen LogP contribution >= 0.6 is 0 Å². The van der Waals surface area contributed by atoms with Gasteiger partial charge in [-0.25, -0.2) is 4.39 Å². The topological polar surface area (TPSA) is 43.1 Å². The molecule has 2 N–H and O–H groups in total. The molecule has 0 fully saturated rings. The number of unbranched alkanes of at least 4 members (excludes halogenated alkanes) is 1. The van der Waals surface area contributed by atoms with Gasteiger partial charge in [0.25, 0.3) is 0 Å². The first-order valence-corrected chi connectivity index (χ1v) is 6.51. The smallest absolute Gasteiger partial charge is 0.150 e. The van der Waals surface area contributed by atoms with Crippen LogP contribution in [0.3, 0.4) is 0 Å². The Bertz CT molecular complexity index is 354. The third-order valence-electron chi connectivity index (χ3n) is 2.15. The lowest BCUT2D eigenvalue weighted by Gasteiger charge is -2.05. The summed E-state index contributed by atoms with van der Waals surface area (Å²) in [6, 6.07) is 4.83. The van der Waals surface area contributed by atoms with Crippen molar-refractivity contribution in [2.75, 3.05) is 11.5 Å². The molecule has 0 aliphatic carbocycles. The van der Waals surface area contributed by atoms with E-state index in [0.717, 1.165) is 12.8 Å². The zero-order valence-electron chi connectivity index (χ0n) is 8.83. The van der Waals surface area contributed by atoms with Gasteiger partial charge in [-0.15, -0.1) is 0 Å². The Balaban J connectivity index is 2.64. The van der Waals surface area contributed by atoms with E-state index in [-0.39, 0.29) is 11.4 Å². The van der Waals surface area contributed by atoms with Crippen molar-refractivity contribution in [2.24, 2.45) is 0 Å². The average Bonchev–Trinajstić information content (AvgIpc) is 2.22. The molecule has 0 aliphatic heterocycles. The summed E-state index contributed by atoms with van der Waals surface area (Å²) in [5, 5.41) is 0. The Morgan fingerprint density at radius 3 is 2.87 bits per heavy atom. The third-order valence-corrected chi connectivity index (χ3v) is 3.53. The van der Waals surface area contributed by atoms with Gasteiger partial charge in [0.2, 0.25) is 0 Å². The molecule has 84 valence electrons. The van der Waals surface area contributed by atoms with Crippen molar-refractivity contribution in [3.8, 4) is 0 Å². The van der Waals surface area contributed by atoms with Gasteiger partial charge in [0.05, 0.1) is 11.4 Å². The molecule has 0 bridgehead atoms. The maximum Gasteiger partial charge on any atom is 0.150 e. The lowest BCUT2D eigenvalue weighted by molar-refractivity contribution is 0.619. The minimum Gasteiger partial charge on any atom is -0.396 e. The average molecular weight is 229 g/mol. The highest BCUT2D eigenvalue weighted by Crippen LogP contribution is 2.16. The van der Waals surface area contributed by atoms with Crippen LogP contribution in [0.25, 0.3) is 0 Å². The van der Waals surface area contributed by atoms with E-state index in [9.17, 15) is 8.60 Å². The van der Waals surface area contributed by atoms with Crippen LogP contribution in [0.4, 0.5) is 10.1 Å². The van der Waals surface area contributed by atoms with Gasteiger partial charge in [-0.3, -0.25) is 4.21 Å². The van der Waals surface area contributed by atoms with Crippen LogP contribution in [0.15, 0.2) is 18.2 Å². The van der Waals surface area contributed by atoms with Gasteiger partial charge in [-0.05, 0) is 12.5 Å². The van der Waals surface area contributed by atoms with E-state index >= 15 is 0 Å². The van der Waals surface area contributed by atoms with Crippen molar-refractivity contribution in [2.45, 2.75) is 25.5 Å². The quantitative estimate of drug-likeness (QED) is 0.788. The molecule has 1 aromatic carbocycles. The standard InChI is InChI=1S/C11H16FNOS/c1-2-3-7-15(14)8-9-5-4-6-10(13)11(9)12/h4-6H,2-3,7-8,13H2,1H3. The molecular formula is C11H16FNOS. The Hall–Kier alpha value is -0.900. The fourth-order valence-corrected chi connectivity index (χ4v) is 2.59. The second-order valence-electron chi connectivity index (χ2n) is 3.46. The van der Waals surface area contributed by atoms with Gasteiger partial charge >= 0.3 is 0 Å². The molecular weight excluding hydrogens is 213 g/mol. The molecule has 2 nitrogen and oxygen atoms in total.